The van der Waals surface area contributed by atoms with E-state index in [-0.39, 0.29) is 5.41 Å². The second kappa shape index (κ2) is 18.8. The van der Waals surface area contributed by atoms with Crippen LogP contribution in [0.5, 0.6) is 0 Å². The highest BCUT2D eigenvalue weighted by Gasteiger charge is 2.38. The Morgan fingerprint density at radius 3 is 1.37 bits per heavy atom. The molecule has 0 atom stereocenters. The molecule has 0 spiro atoms. The summed E-state index contributed by atoms with van der Waals surface area (Å²) in [5, 5.41) is 12.3. The van der Waals surface area contributed by atoms with Crippen LogP contribution in [0.1, 0.15) is 43.4 Å². The molecular weight excluding hydrogens is 953 g/mol. The molecule has 15 rings (SSSR count). The lowest BCUT2D eigenvalue weighted by Gasteiger charge is -2.30. The molecule has 0 radical (unpaired) electrons. The Labute approximate surface area is 462 Å². The molecule has 2 heteroatoms. The molecule has 374 valence electrons. The largest absolute Gasteiger partial charge is 0.310 e. The molecule has 79 heavy (non-hydrogen) atoms. The number of fused-ring (bicyclic) bond motifs is 7. The minimum Gasteiger partial charge on any atom is -0.310 e. The molecule has 0 bridgehead atoms. The Morgan fingerprint density at radius 1 is 0.304 bits per heavy atom. The minimum absolute atomic E-state index is 0.138. The molecule has 0 aliphatic heterocycles. The lowest BCUT2D eigenvalue weighted by Crippen LogP contribution is -2.17. The van der Waals surface area contributed by atoms with Gasteiger partial charge in [0.2, 0.25) is 0 Å². The predicted molar refractivity (Wildman–Crippen MR) is 338 cm³/mol. The summed E-state index contributed by atoms with van der Waals surface area (Å²) in [7, 11) is 0. The highest BCUT2D eigenvalue weighted by atomic mass is 15.1. The second-order valence-electron chi connectivity index (χ2n) is 22.0. The van der Waals surface area contributed by atoms with E-state index in [1.807, 2.05) is 0 Å². The van der Waals surface area contributed by atoms with E-state index >= 15 is 0 Å². The van der Waals surface area contributed by atoms with Gasteiger partial charge in [0.15, 0.2) is 0 Å². The number of hydrogen-bond acceptors (Lipinski definition) is 2. The Bertz CT molecular complexity index is 4640. The number of benzene rings is 13. The molecule has 2 aliphatic carbocycles. The van der Waals surface area contributed by atoms with Crippen molar-refractivity contribution in [3.8, 4) is 22.3 Å². The van der Waals surface area contributed by atoms with Crippen molar-refractivity contribution in [1.29, 1.82) is 0 Å². The number of nitrogens with zero attached hydrogens (tertiary/aromatic N) is 2. The van der Waals surface area contributed by atoms with Crippen LogP contribution in [-0.2, 0) is 5.41 Å². The Morgan fingerprint density at radius 2 is 0.759 bits per heavy atom. The van der Waals surface area contributed by atoms with Crippen LogP contribution in [0.15, 0.2) is 285 Å². The summed E-state index contributed by atoms with van der Waals surface area (Å²) in [6, 6.07) is 101. The average molecular weight is 1010 g/mol. The standard InChI is InChI=1S/C77H56N2/c1-77(2)73-31-16-15-30-67(73)68-41-36-60(48-74(68)77)76-70-43-40-65(78(61-26-5-3-6-27-61)63-37-34-52-19-10-13-22-56(52)46-63)49-71(70)75(59-25-17-24-55(45-59)58-33-32-51-18-9-12-21-54(51)44-58)69-42-39-66(50-72(69)76)79(62-28-7-4-8-29-62)64-38-35-53-20-11-14-23-57(53)47-64/h3-35,37-40,42-50H,36,41H2,1-2H3. The fraction of sp³-hybridized carbons (Fsp3) is 0.0649. The number of allylic oxidation sites excluding steroid dienone is 4. The van der Waals surface area contributed by atoms with Crippen molar-refractivity contribution in [2.45, 2.75) is 32.1 Å². The zero-order valence-electron chi connectivity index (χ0n) is 44.4. The van der Waals surface area contributed by atoms with Crippen molar-refractivity contribution in [3.05, 3.63) is 301 Å². The van der Waals surface area contributed by atoms with E-state index in [0.717, 1.165) is 47.0 Å². The van der Waals surface area contributed by atoms with E-state index in [9.17, 15) is 0 Å². The molecule has 13 aromatic carbocycles. The summed E-state index contributed by atoms with van der Waals surface area (Å²) in [5.41, 5.74) is 19.7. The first-order chi connectivity index (χ1) is 38.9. The van der Waals surface area contributed by atoms with Gasteiger partial charge >= 0.3 is 0 Å². The topological polar surface area (TPSA) is 6.48 Å². The van der Waals surface area contributed by atoms with Crippen LogP contribution >= 0.6 is 0 Å². The van der Waals surface area contributed by atoms with E-state index in [0.29, 0.717) is 0 Å². The maximum atomic E-state index is 2.59. The maximum Gasteiger partial charge on any atom is 0.0468 e. The van der Waals surface area contributed by atoms with Crippen LogP contribution in [0.3, 0.4) is 0 Å². The minimum atomic E-state index is -0.138. The van der Waals surface area contributed by atoms with Gasteiger partial charge in [-0.3, -0.25) is 0 Å². The molecular formula is C77H56N2. The zero-order chi connectivity index (χ0) is 52.6. The van der Waals surface area contributed by atoms with Gasteiger partial charge in [0, 0.05) is 39.5 Å². The van der Waals surface area contributed by atoms with Gasteiger partial charge in [-0.05, 0) is 207 Å². The van der Waals surface area contributed by atoms with Crippen LogP contribution in [-0.4, -0.2) is 0 Å². The van der Waals surface area contributed by atoms with Gasteiger partial charge in [0.25, 0.3) is 0 Å². The molecule has 2 aliphatic rings. The monoisotopic (exact) mass is 1010 g/mol. The van der Waals surface area contributed by atoms with Crippen molar-refractivity contribution in [2.24, 2.45) is 0 Å². The van der Waals surface area contributed by atoms with Gasteiger partial charge in [-0.2, -0.15) is 0 Å². The second-order valence-corrected chi connectivity index (χ2v) is 22.0. The lowest BCUT2D eigenvalue weighted by atomic mass is 9.76. The maximum absolute atomic E-state index is 2.59. The SMILES string of the molecule is CC1(C)C2=C(CCC(c3c4cc(N(c5ccccc5)c5ccc6ccccc6c5)ccc4c(-c4cccc(-c5ccc6ccccc6c5)c4)c4cc(N(c5ccccc5)c5ccc6ccccc6c5)ccc34)=C2)c2ccccc21. The number of para-hydroxylation sites is 2. The van der Waals surface area contributed by atoms with Gasteiger partial charge in [-0.1, -0.05) is 208 Å². The molecule has 0 amide bonds. The smallest absolute Gasteiger partial charge is 0.0468 e. The fourth-order valence-electron chi connectivity index (χ4n) is 13.2. The van der Waals surface area contributed by atoms with E-state index in [2.05, 4.69) is 303 Å². The number of anilines is 6. The van der Waals surface area contributed by atoms with E-state index < -0.39 is 0 Å². The van der Waals surface area contributed by atoms with Crippen molar-refractivity contribution in [2.75, 3.05) is 9.80 Å². The van der Waals surface area contributed by atoms with Gasteiger partial charge in [0.05, 0.1) is 0 Å². The third kappa shape index (κ3) is 7.94. The van der Waals surface area contributed by atoms with E-state index in [1.165, 1.54) is 110 Å². The highest BCUT2D eigenvalue weighted by Crippen LogP contribution is 2.55. The molecule has 0 unspecified atom stereocenters. The number of hydrogen-bond donors (Lipinski definition) is 0. The summed E-state index contributed by atoms with van der Waals surface area (Å²) in [6.45, 7) is 4.85. The third-order valence-electron chi connectivity index (χ3n) is 17.1. The van der Waals surface area contributed by atoms with Gasteiger partial charge < -0.3 is 9.80 Å². The lowest BCUT2D eigenvalue weighted by molar-refractivity contribution is 0.652. The zero-order valence-corrected chi connectivity index (χ0v) is 44.4. The average Bonchev–Trinajstić information content (AvgIpc) is 3.99. The Hall–Kier alpha value is -9.76. The van der Waals surface area contributed by atoms with Crippen molar-refractivity contribution >= 4 is 99.1 Å². The molecule has 0 saturated heterocycles. The summed E-state index contributed by atoms with van der Waals surface area (Å²) < 4.78 is 0. The normalized spacial score (nSPS) is 13.7. The first kappa shape index (κ1) is 46.5. The van der Waals surface area contributed by atoms with Gasteiger partial charge in [0.1, 0.15) is 0 Å². The first-order valence-corrected chi connectivity index (χ1v) is 27.8. The summed E-state index contributed by atoms with van der Waals surface area (Å²) in [6.07, 6.45) is 4.50. The molecule has 0 heterocycles. The summed E-state index contributed by atoms with van der Waals surface area (Å²) in [5.74, 6) is 0. The van der Waals surface area contributed by atoms with Crippen molar-refractivity contribution < 1.29 is 0 Å². The number of rotatable bonds is 9. The van der Waals surface area contributed by atoms with Crippen molar-refractivity contribution in [3.63, 3.8) is 0 Å². The summed E-state index contributed by atoms with van der Waals surface area (Å²) >= 11 is 0. The van der Waals surface area contributed by atoms with Gasteiger partial charge in [-0.25, -0.2) is 0 Å². The van der Waals surface area contributed by atoms with Crippen LogP contribution in [0.4, 0.5) is 34.1 Å². The quantitative estimate of drug-likeness (QED) is 0.133. The van der Waals surface area contributed by atoms with Crippen LogP contribution in [0.25, 0.3) is 87.3 Å². The van der Waals surface area contributed by atoms with Crippen LogP contribution in [0, 0.1) is 0 Å². The van der Waals surface area contributed by atoms with Crippen LogP contribution in [0.2, 0.25) is 0 Å². The molecule has 0 N–H and O–H groups in total. The first-order valence-electron chi connectivity index (χ1n) is 27.8. The Balaban J connectivity index is 1.04. The van der Waals surface area contributed by atoms with Crippen LogP contribution < -0.4 is 9.80 Å². The third-order valence-corrected chi connectivity index (χ3v) is 17.1. The summed E-state index contributed by atoms with van der Waals surface area (Å²) in [4.78, 5) is 4.88. The molecule has 13 aromatic rings. The van der Waals surface area contributed by atoms with E-state index in [1.54, 1.807) is 0 Å². The highest BCUT2D eigenvalue weighted by molar-refractivity contribution is 6.21. The van der Waals surface area contributed by atoms with Crippen molar-refractivity contribution in [1.82, 2.24) is 0 Å². The molecule has 2 nitrogen and oxygen atoms in total. The Kier molecular flexibility index (Phi) is 11.1. The fourth-order valence-corrected chi connectivity index (χ4v) is 13.2. The molecule has 0 saturated carbocycles. The molecule has 0 aromatic heterocycles. The van der Waals surface area contributed by atoms with Gasteiger partial charge in [-0.15, -0.1) is 0 Å². The van der Waals surface area contributed by atoms with E-state index in [4.69, 9.17) is 0 Å². The molecule has 0 fully saturated rings. The predicted octanol–water partition coefficient (Wildman–Crippen LogP) is 21.6.